The molecule has 2 aromatic carbocycles. The van der Waals surface area contributed by atoms with Crippen LogP contribution in [0.3, 0.4) is 0 Å². The lowest BCUT2D eigenvalue weighted by molar-refractivity contribution is 1.15. The molecule has 2 rings (SSSR count). The smallest absolute Gasteiger partial charge is 0.0400 e. The highest BCUT2D eigenvalue weighted by molar-refractivity contribution is 9.10. The number of aryl methyl sites for hydroxylation is 1. The molecule has 0 bridgehead atoms. The number of anilines is 2. The van der Waals surface area contributed by atoms with Crippen molar-refractivity contribution in [2.75, 3.05) is 11.1 Å². The Morgan fingerprint density at radius 1 is 1.12 bits per heavy atom. The lowest BCUT2D eigenvalue weighted by atomic mass is 10.2. The Balaban J connectivity index is 2.02. The van der Waals surface area contributed by atoms with Crippen LogP contribution >= 0.6 is 15.9 Å². The summed E-state index contributed by atoms with van der Waals surface area (Å²) in [6, 6.07) is 14.2. The van der Waals surface area contributed by atoms with E-state index in [4.69, 9.17) is 5.73 Å². The summed E-state index contributed by atoms with van der Waals surface area (Å²) in [5, 5.41) is 3.38. The third kappa shape index (κ3) is 3.24. The molecule has 0 amide bonds. The monoisotopic (exact) mass is 290 g/mol. The van der Waals surface area contributed by atoms with Crippen LogP contribution < -0.4 is 11.1 Å². The Morgan fingerprint density at radius 3 is 2.47 bits per heavy atom. The molecule has 0 saturated carbocycles. The molecule has 0 fully saturated rings. The van der Waals surface area contributed by atoms with Crippen LogP contribution in [0.25, 0.3) is 0 Å². The quantitative estimate of drug-likeness (QED) is 0.840. The van der Waals surface area contributed by atoms with Crippen LogP contribution in [0.1, 0.15) is 11.1 Å². The third-order valence-corrected chi connectivity index (χ3v) is 3.50. The van der Waals surface area contributed by atoms with Crippen LogP contribution in [-0.2, 0) is 6.54 Å². The molecule has 88 valence electrons. The van der Waals surface area contributed by atoms with Gasteiger partial charge >= 0.3 is 0 Å². The number of nitrogens with one attached hydrogen (secondary N) is 1. The zero-order valence-electron chi connectivity index (χ0n) is 9.70. The Labute approximate surface area is 110 Å². The first-order valence-corrected chi connectivity index (χ1v) is 6.29. The molecule has 0 radical (unpaired) electrons. The molecule has 2 aromatic rings. The van der Waals surface area contributed by atoms with Gasteiger partial charge in [-0.3, -0.25) is 0 Å². The maximum absolute atomic E-state index is 5.64. The van der Waals surface area contributed by atoms with Gasteiger partial charge in [0.1, 0.15) is 0 Å². The second-order valence-corrected chi connectivity index (χ2v) is 4.91. The molecule has 2 nitrogen and oxygen atoms in total. The van der Waals surface area contributed by atoms with Crippen molar-refractivity contribution in [2.24, 2.45) is 0 Å². The number of halogens is 1. The first-order valence-electron chi connectivity index (χ1n) is 5.49. The highest BCUT2D eigenvalue weighted by Crippen LogP contribution is 2.21. The standard InChI is InChI=1S/C14H15BrN2/c1-10-2-7-13(8-14(10)15)17-9-11-3-5-12(16)6-4-11/h2-8,17H,9,16H2,1H3. The SMILES string of the molecule is Cc1ccc(NCc2ccc(N)cc2)cc1Br. The Bertz CT molecular complexity index is 506. The van der Waals surface area contributed by atoms with E-state index in [1.165, 1.54) is 11.1 Å². The van der Waals surface area contributed by atoms with Crippen molar-refractivity contribution >= 4 is 27.3 Å². The minimum absolute atomic E-state index is 0.798. The number of rotatable bonds is 3. The highest BCUT2D eigenvalue weighted by Gasteiger charge is 1.97. The van der Waals surface area contributed by atoms with E-state index in [1.807, 2.05) is 24.3 Å². The van der Waals surface area contributed by atoms with Crippen molar-refractivity contribution in [1.82, 2.24) is 0 Å². The molecule has 0 aromatic heterocycles. The number of nitrogens with two attached hydrogens (primary N) is 1. The van der Waals surface area contributed by atoms with Gasteiger partial charge in [-0.25, -0.2) is 0 Å². The summed E-state index contributed by atoms with van der Waals surface area (Å²) in [5.41, 5.74) is 10.0. The summed E-state index contributed by atoms with van der Waals surface area (Å²) in [4.78, 5) is 0. The first-order chi connectivity index (χ1) is 8.15. The van der Waals surface area contributed by atoms with Crippen LogP contribution in [0.5, 0.6) is 0 Å². The molecule has 0 spiro atoms. The van der Waals surface area contributed by atoms with E-state index in [0.717, 1.165) is 22.4 Å². The van der Waals surface area contributed by atoms with Crippen LogP contribution in [-0.4, -0.2) is 0 Å². The van der Waals surface area contributed by atoms with Gasteiger partial charge in [-0.1, -0.05) is 34.1 Å². The average Bonchev–Trinajstić information content (AvgIpc) is 2.33. The van der Waals surface area contributed by atoms with Crippen molar-refractivity contribution < 1.29 is 0 Å². The van der Waals surface area contributed by atoms with Crippen molar-refractivity contribution in [3.63, 3.8) is 0 Å². The van der Waals surface area contributed by atoms with Crippen LogP contribution in [0, 0.1) is 6.92 Å². The van der Waals surface area contributed by atoms with E-state index in [2.05, 4.69) is 46.4 Å². The number of nitrogen functional groups attached to an aromatic ring is 1. The predicted molar refractivity (Wildman–Crippen MR) is 77.1 cm³/mol. The Hall–Kier alpha value is -1.48. The Kier molecular flexibility index (Phi) is 3.69. The van der Waals surface area contributed by atoms with E-state index in [9.17, 15) is 0 Å². The molecule has 0 atom stereocenters. The maximum Gasteiger partial charge on any atom is 0.0400 e. The molecule has 0 heterocycles. The number of benzene rings is 2. The zero-order chi connectivity index (χ0) is 12.3. The van der Waals surface area contributed by atoms with Gasteiger partial charge in [-0.05, 0) is 42.3 Å². The second kappa shape index (κ2) is 5.23. The highest BCUT2D eigenvalue weighted by atomic mass is 79.9. The summed E-state index contributed by atoms with van der Waals surface area (Å²) in [7, 11) is 0. The molecule has 0 aliphatic rings. The lowest BCUT2D eigenvalue weighted by Crippen LogP contribution is -1.99. The van der Waals surface area contributed by atoms with Crippen molar-refractivity contribution in [3.05, 3.63) is 58.1 Å². The third-order valence-electron chi connectivity index (χ3n) is 2.65. The maximum atomic E-state index is 5.64. The molecule has 0 aliphatic heterocycles. The van der Waals surface area contributed by atoms with E-state index in [-0.39, 0.29) is 0 Å². The topological polar surface area (TPSA) is 38.0 Å². The molecule has 0 unspecified atom stereocenters. The summed E-state index contributed by atoms with van der Waals surface area (Å²) < 4.78 is 1.12. The van der Waals surface area contributed by atoms with Gasteiger partial charge in [-0.2, -0.15) is 0 Å². The fourth-order valence-corrected chi connectivity index (χ4v) is 1.92. The Morgan fingerprint density at radius 2 is 1.82 bits per heavy atom. The minimum Gasteiger partial charge on any atom is -0.399 e. The summed E-state index contributed by atoms with van der Waals surface area (Å²) in [6.07, 6.45) is 0. The molecule has 3 heteroatoms. The molecular weight excluding hydrogens is 276 g/mol. The average molecular weight is 291 g/mol. The van der Waals surface area contributed by atoms with Gasteiger partial charge in [0.05, 0.1) is 0 Å². The predicted octanol–water partition coefficient (Wildman–Crippen LogP) is 3.95. The van der Waals surface area contributed by atoms with Gasteiger partial charge < -0.3 is 11.1 Å². The van der Waals surface area contributed by atoms with Gasteiger partial charge in [-0.15, -0.1) is 0 Å². The normalized spacial score (nSPS) is 10.2. The minimum atomic E-state index is 0.798. The second-order valence-electron chi connectivity index (χ2n) is 4.06. The van der Waals surface area contributed by atoms with Crippen LogP contribution in [0.15, 0.2) is 46.9 Å². The van der Waals surface area contributed by atoms with E-state index >= 15 is 0 Å². The summed E-state index contributed by atoms with van der Waals surface area (Å²) in [5.74, 6) is 0. The summed E-state index contributed by atoms with van der Waals surface area (Å²) in [6.45, 7) is 2.88. The van der Waals surface area contributed by atoms with Gasteiger partial charge in [0.25, 0.3) is 0 Å². The van der Waals surface area contributed by atoms with E-state index in [1.54, 1.807) is 0 Å². The van der Waals surface area contributed by atoms with E-state index < -0.39 is 0 Å². The fraction of sp³-hybridized carbons (Fsp3) is 0.143. The largest absolute Gasteiger partial charge is 0.399 e. The molecular formula is C14H15BrN2. The van der Waals surface area contributed by atoms with Crippen molar-refractivity contribution in [3.8, 4) is 0 Å². The molecule has 0 saturated heterocycles. The van der Waals surface area contributed by atoms with E-state index in [0.29, 0.717) is 0 Å². The van der Waals surface area contributed by atoms with Crippen molar-refractivity contribution in [2.45, 2.75) is 13.5 Å². The summed E-state index contributed by atoms with van der Waals surface area (Å²) >= 11 is 3.53. The molecule has 3 N–H and O–H groups in total. The lowest BCUT2D eigenvalue weighted by Gasteiger charge is -2.08. The zero-order valence-corrected chi connectivity index (χ0v) is 11.3. The number of hydrogen-bond acceptors (Lipinski definition) is 2. The van der Waals surface area contributed by atoms with Crippen LogP contribution in [0.4, 0.5) is 11.4 Å². The fourth-order valence-electron chi connectivity index (χ4n) is 1.54. The van der Waals surface area contributed by atoms with Gasteiger partial charge in [0.2, 0.25) is 0 Å². The van der Waals surface area contributed by atoms with Crippen LogP contribution in [0.2, 0.25) is 0 Å². The number of hydrogen-bond donors (Lipinski definition) is 2. The molecule has 17 heavy (non-hydrogen) atoms. The van der Waals surface area contributed by atoms with Gasteiger partial charge in [0.15, 0.2) is 0 Å². The van der Waals surface area contributed by atoms with Crippen molar-refractivity contribution in [1.29, 1.82) is 0 Å². The first kappa shape index (κ1) is 12.0. The van der Waals surface area contributed by atoms with Gasteiger partial charge in [0, 0.05) is 22.4 Å². The molecule has 0 aliphatic carbocycles.